The highest BCUT2D eigenvalue weighted by atomic mass is 16.6. The molecule has 0 saturated heterocycles. The third kappa shape index (κ3) is 5.66. The number of nitrogens with one attached hydrogen (secondary N) is 1. The van der Waals surface area contributed by atoms with Crippen LogP contribution in [0.25, 0.3) is 0 Å². The molecule has 1 atom stereocenters. The molecule has 5 nitrogen and oxygen atoms in total. The van der Waals surface area contributed by atoms with Crippen LogP contribution >= 0.6 is 0 Å². The zero-order chi connectivity index (χ0) is 21.0. The fraction of sp³-hybridized carbons (Fsp3) is 0.458. The summed E-state index contributed by atoms with van der Waals surface area (Å²) < 4.78 is 11.6. The quantitative estimate of drug-likeness (QED) is 0.733. The van der Waals surface area contributed by atoms with Crippen LogP contribution in [-0.2, 0) is 11.2 Å². The lowest BCUT2D eigenvalue weighted by atomic mass is 9.93. The third-order valence-corrected chi connectivity index (χ3v) is 4.95. The van der Waals surface area contributed by atoms with Crippen LogP contribution in [0.5, 0.6) is 5.75 Å². The van der Waals surface area contributed by atoms with E-state index < -0.39 is 11.7 Å². The van der Waals surface area contributed by atoms with Crippen molar-refractivity contribution >= 4 is 17.5 Å². The molecule has 2 aromatic carbocycles. The van der Waals surface area contributed by atoms with Gasteiger partial charge in [-0.3, -0.25) is 5.32 Å². The Labute approximate surface area is 174 Å². The van der Waals surface area contributed by atoms with Gasteiger partial charge >= 0.3 is 6.09 Å². The molecule has 5 heteroatoms. The number of hydrogen-bond acceptors (Lipinski definition) is 4. The van der Waals surface area contributed by atoms with Gasteiger partial charge in [0.05, 0.1) is 12.3 Å². The van der Waals surface area contributed by atoms with Crippen LogP contribution in [-0.4, -0.2) is 31.4 Å². The number of carbonyl (C=O) groups is 1. The number of anilines is 2. The molecule has 0 aromatic heterocycles. The lowest BCUT2D eigenvalue weighted by Gasteiger charge is -2.35. The Morgan fingerprint density at radius 3 is 2.69 bits per heavy atom. The number of benzene rings is 2. The number of ether oxygens (including phenoxy) is 2. The zero-order valence-corrected chi connectivity index (χ0v) is 18.1. The van der Waals surface area contributed by atoms with Gasteiger partial charge < -0.3 is 14.4 Å². The molecule has 0 bridgehead atoms. The second kappa shape index (κ2) is 8.76. The first-order valence-electron chi connectivity index (χ1n) is 10.3. The predicted octanol–water partition coefficient (Wildman–Crippen LogP) is 5.42. The number of fused-ring (bicyclic) bond motifs is 1. The van der Waals surface area contributed by atoms with Crippen molar-refractivity contribution in [2.75, 3.05) is 29.9 Å². The maximum atomic E-state index is 12.2. The largest absolute Gasteiger partial charge is 0.491 e. The minimum atomic E-state index is -0.548. The van der Waals surface area contributed by atoms with Crippen LogP contribution in [0.3, 0.4) is 0 Å². The molecule has 0 saturated carbocycles. The van der Waals surface area contributed by atoms with Gasteiger partial charge in [-0.25, -0.2) is 4.79 Å². The van der Waals surface area contributed by atoms with Gasteiger partial charge in [0.25, 0.3) is 0 Å². The summed E-state index contributed by atoms with van der Waals surface area (Å²) in [5.41, 5.74) is 3.84. The van der Waals surface area contributed by atoms with E-state index in [-0.39, 0.29) is 0 Å². The molecular weight excluding hydrogens is 364 g/mol. The van der Waals surface area contributed by atoms with Crippen molar-refractivity contribution in [2.24, 2.45) is 5.92 Å². The highest BCUT2D eigenvalue weighted by molar-refractivity contribution is 5.87. The molecule has 1 amide bonds. The zero-order valence-electron chi connectivity index (χ0n) is 18.1. The Hall–Kier alpha value is -2.69. The molecule has 0 radical (unpaired) electrons. The Balaban J connectivity index is 1.69. The molecule has 2 aromatic rings. The minimum Gasteiger partial charge on any atom is -0.491 e. The number of hydrogen-bond donors (Lipinski definition) is 1. The number of amides is 1. The Kier molecular flexibility index (Phi) is 6.36. The van der Waals surface area contributed by atoms with Crippen LogP contribution in [0.2, 0.25) is 0 Å². The van der Waals surface area contributed by atoms with Crippen molar-refractivity contribution in [3.05, 3.63) is 53.6 Å². The number of aryl methyl sites for hydroxylation is 1. The van der Waals surface area contributed by atoms with Gasteiger partial charge in [0.2, 0.25) is 0 Å². The van der Waals surface area contributed by atoms with Crippen molar-refractivity contribution in [3.63, 3.8) is 0 Å². The molecule has 1 aliphatic rings. The van der Waals surface area contributed by atoms with Gasteiger partial charge in [0.15, 0.2) is 0 Å². The molecule has 1 N–H and O–H groups in total. The van der Waals surface area contributed by atoms with E-state index in [9.17, 15) is 4.79 Å². The monoisotopic (exact) mass is 396 g/mol. The lowest BCUT2D eigenvalue weighted by Crippen LogP contribution is -2.37. The minimum absolute atomic E-state index is 0.389. The number of nitrogens with zero attached hydrogens (tertiary/aromatic N) is 1. The van der Waals surface area contributed by atoms with E-state index >= 15 is 0 Å². The van der Waals surface area contributed by atoms with Gasteiger partial charge in [-0.05, 0) is 70.4 Å². The van der Waals surface area contributed by atoms with Crippen LogP contribution < -0.4 is 15.0 Å². The van der Waals surface area contributed by atoms with E-state index in [1.54, 1.807) is 0 Å². The molecule has 0 spiro atoms. The van der Waals surface area contributed by atoms with E-state index in [0.717, 1.165) is 25.1 Å². The Bertz CT molecular complexity index is 857. The summed E-state index contributed by atoms with van der Waals surface area (Å²) in [5.74, 6) is 1.06. The Morgan fingerprint density at radius 2 is 1.97 bits per heavy atom. The standard InChI is InChI=1S/C24H32N2O3/c1-6-26-15-18(14-19-9-7-8-10-21(19)26)16-28-22-12-11-17(2)13-20(22)25-23(27)29-24(3,4)5/h7-13,18H,6,14-16H2,1-5H3,(H,25,27). The fourth-order valence-electron chi connectivity index (χ4n) is 3.68. The first-order chi connectivity index (χ1) is 13.7. The summed E-state index contributed by atoms with van der Waals surface area (Å²) in [6, 6.07) is 14.4. The number of carbonyl (C=O) groups excluding carboxylic acids is 1. The highest BCUT2D eigenvalue weighted by Gasteiger charge is 2.24. The van der Waals surface area contributed by atoms with Crippen LogP contribution in [0, 0.1) is 12.8 Å². The average Bonchev–Trinajstić information content (AvgIpc) is 2.65. The predicted molar refractivity (Wildman–Crippen MR) is 118 cm³/mol. The number of para-hydroxylation sites is 1. The van der Waals surface area contributed by atoms with Gasteiger partial charge in [0.1, 0.15) is 11.4 Å². The van der Waals surface area contributed by atoms with Crippen molar-refractivity contribution in [1.82, 2.24) is 0 Å². The summed E-state index contributed by atoms with van der Waals surface area (Å²) in [5, 5.41) is 2.83. The highest BCUT2D eigenvalue weighted by Crippen LogP contribution is 2.31. The van der Waals surface area contributed by atoms with Gasteiger partial charge in [-0.15, -0.1) is 0 Å². The summed E-state index contributed by atoms with van der Waals surface area (Å²) in [6.45, 7) is 12.3. The van der Waals surface area contributed by atoms with E-state index in [1.165, 1.54) is 11.3 Å². The first-order valence-corrected chi connectivity index (χ1v) is 10.3. The first kappa shape index (κ1) is 21.0. The molecule has 0 aliphatic carbocycles. The normalized spacial score (nSPS) is 16.2. The van der Waals surface area contributed by atoms with Crippen molar-refractivity contribution in [3.8, 4) is 5.75 Å². The van der Waals surface area contributed by atoms with E-state index in [4.69, 9.17) is 9.47 Å². The Morgan fingerprint density at radius 1 is 1.21 bits per heavy atom. The molecule has 29 heavy (non-hydrogen) atoms. The second-order valence-electron chi connectivity index (χ2n) is 8.68. The van der Waals surface area contributed by atoms with Crippen LogP contribution in [0.15, 0.2) is 42.5 Å². The van der Waals surface area contributed by atoms with Gasteiger partial charge in [-0.2, -0.15) is 0 Å². The SMILES string of the molecule is CCN1CC(COc2ccc(C)cc2NC(=O)OC(C)(C)C)Cc2ccccc21. The summed E-state index contributed by atoms with van der Waals surface area (Å²) >= 11 is 0. The maximum absolute atomic E-state index is 12.2. The average molecular weight is 397 g/mol. The van der Waals surface area contributed by atoms with E-state index in [2.05, 4.69) is 41.4 Å². The summed E-state index contributed by atoms with van der Waals surface area (Å²) in [6.07, 6.45) is 0.518. The van der Waals surface area contributed by atoms with E-state index in [0.29, 0.717) is 24.0 Å². The number of rotatable bonds is 5. The molecule has 1 aliphatic heterocycles. The van der Waals surface area contributed by atoms with Crippen LogP contribution in [0.4, 0.5) is 16.2 Å². The molecule has 0 fully saturated rings. The van der Waals surface area contributed by atoms with Crippen molar-refractivity contribution in [2.45, 2.75) is 46.6 Å². The summed E-state index contributed by atoms with van der Waals surface area (Å²) in [7, 11) is 0. The summed E-state index contributed by atoms with van der Waals surface area (Å²) in [4.78, 5) is 14.6. The molecule has 1 heterocycles. The maximum Gasteiger partial charge on any atom is 0.412 e. The molecule has 1 unspecified atom stereocenters. The third-order valence-electron chi connectivity index (χ3n) is 4.95. The molecule has 3 rings (SSSR count). The van der Waals surface area contributed by atoms with Gasteiger partial charge in [0, 0.05) is 24.7 Å². The van der Waals surface area contributed by atoms with Crippen LogP contribution in [0.1, 0.15) is 38.8 Å². The van der Waals surface area contributed by atoms with E-state index in [1.807, 2.05) is 45.9 Å². The lowest BCUT2D eigenvalue weighted by molar-refractivity contribution is 0.0635. The van der Waals surface area contributed by atoms with Crippen molar-refractivity contribution in [1.29, 1.82) is 0 Å². The topological polar surface area (TPSA) is 50.8 Å². The fourth-order valence-corrected chi connectivity index (χ4v) is 3.68. The van der Waals surface area contributed by atoms with Gasteiger partial charge in [-0.1, -0.05) is 24.3 Å². The smallest absolute Gasteiger partial charge is 0.412 e. The second-order valence-corrected chi connectivity index (χ2v) is 8.68. The molecule has 156 valence electrons. The van der Waals surface area contributed by atoms with Crippen molar-refractivity contribution < 1.29 is 14.3 Å². The molecular formula is C24H32N2O3.